The number of para-hydroxylation sites is 2. The summed E-state index contributed by atoms with van der Waals surface area (Å²) in [5, 5.41) is 2.19. The van der Waals surface area contributed by atoms with Crippen LogP contribution in [0, 0.1) is 0 Å². The number of rotatable bonds is 7. The van der Waals surface area contributed by atoms with Gasteiger partial charge in [-0.1, -0.05) is 12.1 Å². The second kappa shape index (κ2) is 9.21. The van der Waals surface area contributed by atoms with Crippen LogP contribution in [0.15, 0.2) is 42.0 Å². The third-order valence-electron chi connectivity index (χ3n) is 4.54. The second-order valence-electron chi connectivity index (χ2n) is 6.28. The Labute approximate surface area is 179 Å². The van der Waals surface area contributed by atoms with Crippen molar-refractivity contribution in [1.29, 1.82) is 0 Å². The fourth-order valence-electron chi connectivity index (χ4n) is 3.19. The van der Waals surface area contributed by atoms with E-state index in [1.54, 1.807) is 43.3 Å². The van der Waals surface area contributed by atoms with Crippen LogP contribution in [0.3, 0.4) is 0 Å². The number of urea groups is 1. The summed E-state index contributed by atoms with van der Waals surface area (Å²) in [5.74, 6) is -0.283. The summed E-state index contributed by atoms with van der Waals surface area (Å²) in [6, 6.07) is 8.95. The molecular formula is C22H22N2O7. The number of carbonyl (C=O) groups excluding carboxylic acids is 3. The molecule has 4 amide bonds. The van der Waals surface area contributed by atoms with Crippen LogP contribution in [0.1, 0.15) is 12.5 Å². The molecule has 31 heavy (non-hydrogen) atoms. The van der Waals surface area contributed by atoms with Gasteiger partial charge in [0.15, 0.2) is 11.5 Å². The summed E-state index contributed by atoms with van der Waals surface area (Å²) < 4.78 is 21.5. The number of methoxy groups -OCH3 is 3. The molecule has 9 nitrogen and oxygen atoms in total. The van der Waals surface area contributed by atoms with Gasteiger partial charge in [-0.25, -0.2) is 9.69 Å². The van der Waals surface area contributed by atoms with Crippen molar-refractivity contribution < 1.29 is 33.3 Å². The van der Waals surface area contributed by atoms with Crippen molar-refractivity contribution in [2.45, 2.75) is 6.92 Å². The van der Waals surface area contributed by atoms with E-state index in [1.807, 2.05) is 0 Å². The molecule has 3 rings (SSSR count). The summed E-state index contributed by atoms with van der Waals surface area (Å²) in [4.78, 5) is 39.1. The Balaban J connectivity index is 2.11. The molecule has 2 aromatic carbocycles. The average molecular weight is 426 g/mol. The quantitative estimate of drug-likeness (QED) is 0.536. The van der Waals surface area contributed by atoms with Gasteiger partial charge in [-0.2, -0.15) is 0 Å². The van der Waals surface area contributed by atoms with Crippen molar-refractivity contribution in [3.63, 3.8) is 0 Å². The van der Waals surface area contributed by atoms with Crippen LogP contribution in [-0.2, 0) is 9.59 Å². The monoisotopic (exact) mass is 426 g/mol. The van der Waals surface area contributed by atoms with Crippen LogP contribution >= 0.6 is 0 Å². The molecule has 9 heteroatoms. The molecule has 1 aliphatic heterocycles. The zero-order valence-corrected chi connectivity index (χ0v) is 17.6. The Kier molecular flexibility index (Phi) is 6.44. The highest BCUT2D eigenvalue weighted by molar-refractivity contribution is 6.39. The third kappa shape index (κ3) is 4.02. The first-order valence-electron chi connectivity index (χ1n) is 9.39. The summed E-state index contributed by atoms with van der Waals surface area (Å²) in [6.07, 6.45) is 1.33. The predicted octanol–water partition coefficient (Wildman–Crippen LogP) is 2.78. The van der Waals surface area contributed by atoms with E-state index in [1.165, 1.54) is 27.4 Å². The number of hydrogen-bond donors (Lipinski definition) is 1. The molecule has 1 fully saturated rings. The minimum absolute atomic E-state index is 0.226. The average Bonchev–Trinajstić information content (AvgIpc) is 2.77. The Morgan fingerprint density at radius 3 is 2.26 bits per heavy atom. The minimum atomic E-state index is -0.862. The van der Waals surface area contributed by atoms with Crippen LogP contribution in [0.5, 0.6) is 23.0 Å². The van der Waals surface area contributed by atoms with E-state index >= 15 is 0 Å². The van der Waals surface area contributed by atoms with Crippen molar-refractivity contribution in [3.8, 4) is 23.0 Å². The Morgan fingerprint density at radius 2 is 1.61 bits per heavy atom. The first kappa shape index (κ1) is 21.7. The molecule has 1 saturated heterocycles. The van der Waals surface area contributed by atoms with Crippen LogP contribution < -0.4 is 29.2 Å². The number of benzene rings is 2. The lowest BCUT2D eigenvalue weighted by Gasteiger charge is -2.27. The van der Waals surface area contributed by atoms with Crippen LogP contribution in [-0.4, -0.2) is 45.8 Å². The molecule has 1 heterocycles. The van der Waals surface area contributed by atoms with Crippen molar-refractivity contribution in [3.05, 3.63) is 47.5 Å². The first-order valence-corrected chi connectivity index (χ1v) is 9.39. The van der Waals surface area contributed by atoms with E-state index in [4.69, 9.17) is 18.9 Å². The summed E-state index contributed by atoms with van der Waals surface area (Å²) in [7, 11) is 4.35. The molecule has 0 aromatic heterocycles. The Morgan fingerprint density at radius 1 is 0.903 bits per heavy atom. The van der Waals surface area contributed by atoms with Gasteiger partial charge in [-0.3, -0.25) is 14.9 Å². The molecule has 0 atom stereocenters. The molecular weight excluding hydrogens is 404 g/mol. The maximum Gasteiger partial charge on any atom is 0.336 e. The maximum atomic E-state index is 13.2. The number of nitrogens with one attached hydrogen (secondary N) is 1. The van der Waals surface area contributed by atoms with E-state index in [0.29, 0.717) is 29.4 Å². The van der Waals surface area contributed by atoms with Gasteiger partial charge in [0.2, 0.25) is 5.75 Å². The van der Waals surface area contributed by atoms with Crippen molar-refractivity contribution in [1.82, 2.24) is 5.32 Å². The second-order valence-corrected chi connectivity index (χ2v) is 6.28. The zero-order valence-electron chi connectivity index (χ0n) is 17.6. The summed E-state index contributed by atoms with van der Waals surface area (Å²) >= 11 is 0. The van der Waals surface area contributed by atoms with Crippen LogP contribution in [0.25, 0.3) is 6.08 Å². The van der Waals surface area contributed by atoms with Crippen molar-refractivity contribution in [2.24, 2.45) is 0 Å². The maximum absolute atomic E-state index is 13.2. The van der Waals surface area contributed by atoms with Crippen molar-refractivity contribution in [2.75, 3.05) is 32.8 Å². The Bertz CT molecular complexity index is 1060. The fraction of sp³-hybridized carbons (Fsp3) is 0.227. The van der Waals surface area contributed by atoms with Crippen LogP contribution in [0.4, 0.5) is 10.5 Å². The standard InChI is InChI=1S/C22H22N2O7/c1-5-31-16-9-7-6-8-15(16)24-21(26)14(20(25)23-22(24)27)12-13-10-11-17(28-2)19(30-4)18(13)29-3/h6-12H,5H2,1-4H3,(H,23,25,27)/b14-12+. The molecule has 1 aliphatic rings. The van der Waals surface area contributed by atoms with Gasteiger partial charge in [0, 0.05) is 5.56 Å². The largest absolute Gasteiger partial charge is 0.493 e. The highest BCUT2D eigenvalue weighted by atomic mass is 16.5. The molecule has 0 radical (unpaired) electrons. The molecule has 0 aliphatic carbocycles. The normalized spacial score (nSPS) is 15.0. The number of imide groups is 2. The van der Waals surface area contributed by atoms with Crippen molar-refractivity contribution >= 4 is 29.6 Å². The SMILES string of the molecule is CCOc1ccccc1N1C(=O)NC(=O)/C(=C\c2ccc(OC)c(OC)c2OC)C1=O. The smallest absolute Gasteiger partial charge is 0.336 e. The molecule has 0 unspecified atom stereocenters. The lowest BCUT2D eigenvalue weighted by atomic mass is 10.0. The fourth-order valence-corrected chi connectivity index (χ4v) is 3.19. The highest BCUT2D eigenvalue weighted by Gasteiger charge is 2.38. The van der Waals surface area contributed by atoms with E-state index < -0.39 is 17.8 Å². The molecule has 1 N–H and O–H groups in total. The molecule has 0 spiro atoms. The molecule has 0 saturated carbocycles. The number of ether oxygens (including phenoxy) is 4. The lowest BCUT2D eigenvalue weighted by molar-refractivity contribution is -0.122. The van der Waals surface area contributed by atoms with Gasteiger partial charge < -0.3 is 18.9 Å². The lowest BCUT2D eigenvalue weighted by Crippen LogP contribution is -2.54. The van der Waals surface area contributed by atoms with E-state index in [-0.39, 0.29) is 17.0 Å². The van der Waals surface area contributed by atoms with Crippen LogP contribution in [0.2, 0.25) is 0 Å². The number of nitrogens with zero attached hydrogens (tertiary/aromatic N) is 1. The summed E-state index contributed by atoms with van der Waals surface area (Å²) in [6.45, 7) is 2.12. The van der Waals surface area contributed by atoms with E-state index in [2.05, 4.69) is 5.32 Å². The number of barbiturate groups is 1. The van der Waals surface area contributed by atoms with Gasteiger partial charge in [-0.15, -0.1) is 0 Å². The molecule has 2 aromatic rings. The highest BCUT2D eigenvalue weighted by Crippen LogP contribution is 2.41. The topological polar surface area (TPSA) is 103 Å². The predicted molar refractivity (Wildman–Crippen MR) is 113 cm³/mol. The Hall–Kier alpha value is -4.01. The number of hydrogen-bond acceptors (Lipinski definition) is 7. The zero-order chi connectivity index (χ0) is 22.5. The van der Waals surface area contributed by atoms with Gasteiger partial charge in [-0.05, 0) is 37.3 Å². The summed E-state index contributed by atoms with van der Waals surface area (Å²) in [5.41, 5.74) is 0.368. The number of amides is 4. The van der Waals surface area contributed by atoms with Gasteiger partial charge >= 0.3 is 6.03 Å². The first-order chi connectivity index (χ1) is 15.0. The third-order valence-corrected chi connectivity index (χ3v) is 4.54. The molecule has 162 valence electrons. The van der Waals surface area contributed by atoms with E-state index in [0.717, 1.165) is 4.90 Å². The number of carbonyl (C=O) groups is 3. The van der Waals surface area contributed by atoms with Gasteiger partial charge in [0.05, 0.1) is 33.6 Å². The van der Waals surface area contributed by atoms with E-state index in [9.17, 15) is 14.4 Å². The van der Waals surface area contributed by atoms with Gasteiger partial charge in [0.1, 0.15) is 11.3 Å². The minimum Gasteiger partial charge on any atom is -0.493 e. The number of anilines is 1. The van der Waals surface area contributed by atoms with Gasteiger partial charge in [0.25, 0.3) is 11.8 Å². The molecule has 0 bridgehead atoms.